The van der Waals surface area contributed by atoms with Crippen LogP contribution >= 0.6 is 15.4 Å². The Balaban J connectivity index is 1.16. The molecule has 0 spiro atoms. The summed E-state index contributed by atoms with van der Waals surface area (Å²) in [5, 5.41) is 11.1. The number of phosphoric acid groups is 1. The van der Waals surface area contributed by atoms with Crippen LogP contribution in [0.3, 0.4) is 0 Å². The topological polar surface area (TPSA) is 297 Å². The standard InChI is InChI=1S/C22H26FN9O12P2/c23-11-15-9(42-20(11)32-6-28-13-18(32)29-22(25)30-19(13)34)3-40-45(35,36)7-39-16-10(4-41-46(37,38)44-15)43-21(14(16)33)31-5-27-12-8(24)1-2-26-17(12)31/h1-2,5-6,9-11,14-16,20-21,33H,3-4,7H2,(H2,24,26)(H,35,36)(H,37,38)(H3,25,29,30,34)/t9-,10-,11+,14+,15?,16?,20-,21-/m1/s1. The van der Waals surface area contributed by atoms with Crippen molar-refractivity contribution in [1.82, 2.24) is 34.1 Å². The van der Waals surface area contributed by atoms with E-state index in [4.69, 9.17) is 39.2 Å². The van der Waals surface area contributed by atoms with Gasteiger partial charge in [0.25, 0.3) is 5.56 Å². The fraction of sp³-hybridized carbons (Fsp3) is 0.500. The minimum Gasteiger partial charge on any atom is -0.397 e. The summed E-state index contributed by atoms with van der Waals surface area (Å²) >= 11 is 0. The van der Waals surface area contributed by atoms with Gasteiger partial charge in [-0.3, -0.25) is 32.5 Å². The van der Waals surface area contributed by atoms with Crippen molar-refractivity contribution in [2.45, 2.75) is 49.1 Å². The number of rotatable bonds is 2. The Hall–Kier alpha value is -3.40. The van der Waals surface area contributed by atoms with Gasteiger partial charge in [0.05, 0.1) is 31.6 Å². The van der Waals surface area contributed by atoms with Crippen LogP contribution in [0, 0.1) is 0 Å². The van der Waals surface area contributed by atoms with Gasteiger partial charge in [-0.25, -0.2) is 23.9 Å². The summed E-state index contributed by atoms with van der Waals surface area (Å²) in [5.41, 5.74) is 11.3. The lowest BCUT2D eigenvalue weighted by atomic mass is 10.1. The molecule has 0 aromatic carbocycles. The van der Waals surface area contributed by atoms with Gasteiger partial charge >= 0.3 is 15.4 Å². The molecular weight excluding hydrogens is 663 g/mol. The number of pyridine rings is 1. The van der Waals surface area contributed by atoms with Crippen LogP contribution in [0.2, 0.25) is 0 Å². The van der Waals surface area contributed by atoms with Crippen molar-refractivity contribution >= 4 is 49.4 Å². The van der Waals surface area contributed by atoms with Gasteiger partial charge in [0.2, 0.25) is 5.95 Å². The van der Waals surface area contributed by atoms with Crippen molar-refractivity contribution in [2.24, 2.45) is 0 Å². The Morgan fingerprint density at radius 2 is 1.63 bits per heavy atom. The number of ether oxygens (including phenoxy) is 3. The van der Waals surface area contributed by atoms with Crippen LogP contribution in [0.25, 0.3) is 22.3 Å². The molecule has 3 aliphatic rings. The van der Waals surface area contributed by atoms with Crippen molar-refractivity contribution in [3.05, 3.63) is 35.3 Å². The second-order valence-electron chi connectivity index (χ2n) is 10.6. The first-order valence-corrected chi connectivity index (χ1v) is 16.7. The summed E-state index contributed by atoms with van der Waals surface area (Å²) in [5.74, 6) is -0.300. The third-order valence-corrected chi connectivity index (χ3v) is 9.61. The van der Waals surface area contributed by atoms with Crippen LogP contribution < -0.4 is 17.0 Å². The van der Waals surface area contributed by atoms with E-state index in [0.717, 1.165) is 10.9 Å². The van der Waals surface area contributed by atoms with E-state index < -0.39 is 89.7 Å². The first-order chi connectivity index (χ1) is 21.8. The molecule has 0 aliphatic carbocycles. The van der Waals surface area contributed by atoms with Crippen LogP contribution in [-0.2, 0) is 36.9 Å². The first kappa shape index (κ1) is 31.2. The zero-order chi connectivity index (χ0) is 32.5. The van der Waals surface area contributed by atoms with Crippen LogP contribution in [0.4, 0.5) is 16.0 Å². The molecule has 3 fully saturated rings. The van der Waals surface area contributed by atoms with Gasteiger partial charge in [0, 0.05) is 6.20 Å². The molecule has 4 aromatic rings. The fourth-order valence-corrected chi connectivity index (χ4v) is 7.27. The second kappa shape index (κ2) is 11.4. The highest BCUT2D eigenvalue weighted by molar-refractivity contribution is 7.52. The van der Waals surface area contributed by atoms with E-state index in [2.05, 4.69) is 24.9 Å². The lowest BCUT2D eigenvalue weighted by molar-refractivity contribution is -0.0586. The normalized spacial score (nSPS) is 37.4. The number of anilines is 2. The Kier molecular flexibility index (Phi) is 7.73. The number of aromatic amines is 1. The summed E-state index contributed by atoms with van der Waals surface area (Å²) in [6.07, 6.45) is -10.2. The molecule has 3 aliphatic heterocycles. The average molecular weight is 689 g/mol. The molecule has 10 atom stereocenters. The van der Waals surface area contributed by atoms with E-state index in [-0.39, 0.29) is 22.8 Å². The van der Waals surface area contributed by atoms with Crippen molar-refractivity contribution < 1.29 is 56.2 Å². The predicted octanol–water partition coefficient (Wildman–Crippen LogP) is -0.717. The molecule has 46 heavy (non-hydrogen) atoms. The Labute approximate surface area is 255 Å². The van der Waals surface area contributed by atoms with E-state index in [1.54, 1.807) is 0 Å². The minimum atomic E-state index is -5.14. The maximum Gasteiger partial charge on any atom is 0.472 e. The van der Waals surface area contributed by atoms with Gasteiger partial charge in [-0.05, 0) is 6.07 Å². The summed E-state index contributed by atoms with van der Waals surface area (Å²) in [7, 11) is -9.79. The third-order valence-electron chi connectivity index (χ3n) is 7.59. The SMILES string of the molecule is Nc1nc2c(ncn2[C@@H]2O[C@@H]3COP(=O)(O)COC4[C@@H](COP(=O)(O)OC3[C@@H]2F)O[C@@H](n2cnc3c(N)ccnc32)[C@H]4O)c(=O)[nH]1. The Morgan fingerprint density at radius 3 is 2.41 bits per heavy atom. The number of hydrogen-bond donors (Lipinski definition) is 6. The lowest BCUT2D eigenvalue weighted by Crippen LogP contribution is -2.37. The molecule has 0 radical (unpaired) electrons. The molecule has 21 nitrogen and oxygen atoms in total. The first-order valence-electron chi connectivity index (χ1n) is 13.5. The zero-order valence-corrected chi connectivity index (χ0v) is 25.0. The number of nitrogen functional groups attached to an aromatic ring is 2. The fourth-order valence-electron chi connectivity index (χ4n) is 5.50. The van der Waals surface area contributed by atoms with Gasteiger partial charge in [-0.15, -0.1) is 0 Å². The number of alkyl halides is 1. The molecule has 24 heteroatoms. The van der Waals surface area contributed by atoms with Crippen LogP contribution in [0.15, 0.2) is 29.7 Å². The maximum absolute atomic E-state index is 16.0. The smallest absolute Gasteiger partial charge is 0.397 e. The predicted molar refractivity (Wildman–Crippen MR) is 149 cm³/mol. The number of aromatic nitrogens is 7. The van der Waals surface area contributed by atoms with Gasteiger partial charge in [-0.1, -0.05) is 0 Å². The maximum atomic E-state index is 16.0. The van der Waals surface area contributed by atoms with Crippen molar-refractivity contribution in [1.29, 1.82) is 0 Å². The van der Waals surface area contributed by atoms with E-state index in [0.29, 0.717) is 11.2 Å². The molecule has 7 heterocycles. The van der Waals surface area contributed by atoms with E-state index in [1.165, 1.54) is 23.2 Å². The highest BCUT2D eigenvalue weighted by Crippen LogP contribution is 2.52. The summed E-state index contributed by atoms with van der Waals surface area (Å²) in [6, 6.07) is 1.52. The zero-order valence-electron chi connectivity index (χ0n) is 23.2. The second-order valence-corrected chi connectivity index (χ2v) is 13.8. The number of halogens is 1. The van der Waals surface area contributed by atoms with Crippen LogP contribution in [0.1, 0.15) is 12.5 Å². The molecule has 7 rings (SSSR count). The largest absolute Gasteiger partial charge is 0.472 e. The highest BCUT2D eigenvalue weighted by Gasteiger charge is 2.53. The number of hydrogen-bond acceptors (Lipinski definition) is 16. The number of H-pyrrole nitrogens is 1. The van der Waals surface area contributed by atoms with Crippen LogP contribution in [0.5, 0.6) is 0 Å². The Morgan fingerprint density at radius 1 is 0.957 bits per heavy atom. The molecule has 4 unspecified atom stereocenters. The number of nitrogens with one attached hydrogen (secondary N) is 1. The summed E-state index contributed by atoms with van der Waals surface area (Å²) in [4.78, 5) is 51.8. The van der Waals surface area contributed by atoms with Gasteiger partial charge in [-0.2, -0.15) is 4.98 Å². The molecule has 248 valence electrons. The number of phosphoric ester groups is 1. The van der Waals surface area contributed by atoms with Crippen molar-refractivity contribution in [3.8, 4) is 0 Å². The van der Waals surface area contributed by atoms with Gasteiger partial charge < -0.3 is 45.1 Å². The average Bonchev–Trinajstić information content (AvgIpc) is 3.75. The van der Waals surface area contributed by atoms with E-state index in [9.17, 15) is 28.8 Å². The Bertz CT molecular complexity index is 1960. The van der Waals surface area contributed by atoms with Crippen molar-refractivity contribution in [2.75, 3.05) is 31.0 Å². The molecule has 0 saturated carbocycles. The molecule has 3 saturated heterocycles. The number of aliphatic hydroxyl groups excluding tert-OH is 1. The molecule has 8 N–H and O–H groups in total. The number of imidazole rings is 2. The lowest BCUT2D eigenvalue weighted by Gasteiger charge is -2.23. The summed E-state index contributed by atoms with van der Waals surface area (Å²) < 4.78 is 77.0. The number of fused-ring (bicyclic) bond motifs is 4. The summed E-state index contributed by atoms with van der Waals surface area (Å²) in [6.45, 7) is -1.59. The van der Waals surface area contributed by atoms with Gasteiger partial charge in [0.15, 0.2) is 35.4 Å². The monoisotopic (exact) mass is 689 g/mol. The quantitative estimate of drug-likeness (QED) is 0.142. The van der Waals surface area contributed by atoms with Crippen molar-refractivity contribution in [3.63, 3.8) is 0 Å². The minimum absolute atomic E-state index is 0.172. The molecule has 0 amide bonds. The molecule has 4 aromatic heterocycles. The third kappa shape index (κ3) is 5.50. The molecular formula is C22H26FN9O12P2. The number of aliphatic hydroxyl groups is 1. The van der Waals surface area contributed by atoms with Gasteiger partial charge in [0.1, 0.15) is 42.4 Å². The molecule has 0 bridgehead atoms. The van der Waals surface area contributed by atoms with E-state index >= 15 is 4.39 Å². The number of nitrogens with zero attached hydrogens (tertiary/aromatic N) is 6. The van der Waals surface area contributed by atoms with E-state index in [1.807, 2.05) is 0 Å². The highest BCUT2D eigenvalue weighted by atomic mass is 31.2. The number of nitrogens with two attached hydrogens (primary N) is 2. The van der Waals surface area contributed by atoms with Crippen LogP contribution in [-0.4, -0.2) is 105 Å².